The van der Waals surface area contributed by atoms with Gasteiger partial charge in [0, 0.05) is 11.8 Å². The van der Waals surface area contributed by atoms with Gasteiger partial charge >= 0.3 is 11.9 Å². The Morgan fingerprint density at radius 1 is 1.31 bits per heavy atom. The monoisotopic (exact) mass is 181 g/mol. The fourth-order valence-electron chi connectivity index (χ4n) is 0.768. The molecule has 0 saturated heterocycles. The number of aliphatic carboxylic acids is 1. The van der Waals surface area contributed by atoms with Crippen molar-refractivity contribution in [2.75, 3.05) is 5.32 Å². The maximum Gasteiger partial charge on any atom is 0.394 e. The highest BCUT2D eigenvalue weighted by Crippen LogP contribution is 2.14. The molecule has 0 aliphatic rings. The Hall–Kier alpha value is -2.04. The van der Waals surface area contributed by atoms with Crippen LogP contribution in [0.4, 0.5) is 5.69 Å². The number of carboxylic acids is 1. The van der Waals surface area contributed by atoms with Crippen LogP contribution in [0.15, 0.2) is 24.3 Å². The zero-order chi connectivity index (χ0) is 9.84. The molecule has 1 amide bonds. The van der Waals surface area contributed by atoms with Crippen molar-refractivity contribution in [1.82, 2.24) is 0 Å². The Morgan fingerprint density at radius 2 is 2.00 bits per heavy atom. The Balaban J connectivity index is 2.75. The van der Waals surface area contributed by atoms with E-state index < -0.39 is 11.9 Å². The van der Waals surface area contributed by atoms with Crippen molar-refractivity contribution < 1.29 is 19.8 Å². The second-order valence-corrected chi connectivity index (χ2v) is 2.31. The van der Waals surface area contributed by atoms with Gasteiger partial charge in [-0.05, 0) is 12.1 Å². The summed E-state index contributed by atoms with van der Waals surface area (Å²) < 4.78 is 0. The molecule has 0 aromatic heterocycles. The number of rotatable bonds is 1. The van der Waals surface area contributed by atoms with Crippen molar-refractivity contribution in [3.8, 4) is 5.75 Å². The summed E-state index contributed by atoms with van der Waals surface area (Å²) in [6, 6.07) is 5.63. The summed E-state index contributed by atoms with van der Waals surface area (Å²) in [6.45, 7) is 0. The molecule has 13 heavy (non-hydrogen) atoms. The summed E-state index contributed by atoms with van der Waals surface area (Å²) in [6.07, 6.45) is 0. The van der Waals surface area contributed by atoms with Crippen molar-refractivity contribution >= 4 is 17.6 Å². The van der Waals surface area contributed by atoms with Crippen LogP contribution in [0.2, 0.25) is 0 Å². The van der Waals surface area contributed by atoms with Crippen molar-refractivity contribution in [2.45, 2.75) is 0 Å². The van der Waals surface area contributed by atoms with Gasteiger partial charge in [0.05, 0.1) is 0 Å². The third-order valence-electron chi connectivity index (χ3n) is 1.30. The molecule has 1 rings (SSSR count). The highest BCUT2D eigenvalue weighted by Gasteiger charge is 2.10. The molecule has 0 unspecified atom stereocenters. The number of hydrogen-bond donors (Lipinski definition) is 3. The summed E-state index contributed by atoms with van der Waals surface area (Å²) in [7, 11) is 0. The zero-order valence-corrected chi connectivity index (χ0v) is 6.52. The first-order chi connectivity index (χ1) is 6.09. The van der Waals surface area contributed by atoms with Gasteiger partial charge in [0.15, 0.2) is 0 Å². The number of hydrogen-bond acceptors (Lipinski definition) is 3. The van der Waals surface area contributed by atoms with Gasteiger partial charge in [-0.25, -0.2) is 4.79 Å². The molecular formula is C8H7NO4. The van der Waals surface area contributed by atoms with Crippen molar-refractivity contribution in [2.24, 2.45) is 0 Å². The molecule has 0 atom stereocenters. The molecule has 68 valence electrons. The molecule has 0 aliphatic heterocycles. The normalized spacial score (nSPS) is 9.23. The minimum Gasteiger partial charge on any atom is -0.508 e. The SMILES string of the molecule is O=C(O)C(=O)Nc1cccc(O)c1. The number of phenols is 1. The molecule has 0 fully saturated rings. The Labute approximate surface area is 73.6 Å². The largest absolute Gasteiger partial charge is 0.508 e. The first-order valence-corrected chi connectivity index (χ1v) is 3.43. The van der Waals surface area contributed by atoms with E-state index in [0.717, 1.165) is 0 Å². The number of phenolic OH excluding ortho intramolecular Hbond substituents is 1. The quantitative estimate of drug-likeness (QED) is 0.548. The lowest BCUT2D eigenvalue weighted by atomic mass is 10.3. The van der Waals surface area contributed by atoms with Crippen molar-refractivity contribution in [3.63, 3.8) is 0 Å². The fourth-order valence-corrected chi connectivity index (χ4v) is 0.768. The van der Waals surface area contributed by atoms with Gasteiger partial charge in [-0.15, -0.1) is 0 Å². The van der Waals surface area contributed by atoms with E-state index in [1.807, 2.05) is 0 Å². The molecule has 0 aliphatic carbocycles. The van der Waals surface area contributed by atoms with E-state index in [4.69, 9.17) is 10.2 Å². The first kappa shape index (κ1) is 9.05. The van der Waals surface area contributed by atoms with Gasteiger partial charge < -0.3 is 15.5 Å². The summed E-state index contributed by atoms with van der Waals surface area (Å²) in [5, 5.41) is 19.3. The van der Waals surface area contributed by atoms with Crippen molar-refractivity contribution in [3.05, 3.63) is 24.3 Å². The highest BCUT2D eigenvalue weighted by molar-refractivity contribution is 6.36. The highest BCUT2D eigenvalue weighted by atomic mass is 16.4. The molecule has 5 heteroatoms. The minimum absolute atomic E-state index is 0.0387. The van der Waals surface area contributed by atoms with E-state index in [9.17, 15) is 9.59 Å². The van der Waals surface area contributed by atoms with E-state index >= 15 is 0 Å². The number of aromatic hydroxyl groups is 1. The Bertz CT molecular complexity index is 348. The lowest BCUT2D eigenvalue weighted by Gasteiger charge is -2.01. The standard InChI is InChI=1S/C8H7NO4/c10-6-3-1-2-5(4-6)9-7(11)8(12)13/h1-4,10H,(H,9,11)(H,12,13). The van der Waals surface area contributed by atoms with Gasteiger partial charge in [-0.1, -0.05) is 6.07 Å². The third-order valence-corrected chi connectivity index (χ3v) is 1.30. The average molecular weight is 181 g/mol. The number of carbonyl (C=O) groups excluding carboxylic acids is 1. The maximum atomic E-state index is 10.6. The number of benzene rings is 1. The van der Waals surface area contributed by atoms with Crippen LogP contribution in [-0.4, -0.2) is 22.1 Å². The molecule has 1 aromatic carbocycles. The summed E-state index contributed by atoms with van der Waals surface area (Å²) in [5.41, 5.74) is 0.243. The van der Waals surface area contributed by atoms with Crippen molar-refractivity contribution in [1.29, 1.82) is 0 Å². The van der Waals surface area contributed by atoms with E-state index in [1.165, 1.54) is 24.3 Å². The predicted molar refractivity (Wildman–Crippen MR) is 44.4 cm³/mol. The molecule has 1 aromatic rings. The Kier molecular flexibility index (Phi) is 2.49. The molecule has 3 N–H and O–H groups in total. The van der Waals surface area contributed by atoms with Crippen LogP contribution in [0, 0.1) is 0 Å². The van der Waals surface area contributed by atoms with E-state index in [-0.39, 0.29) is 11.4 Å². The van der Waals surface area contributed by atoms with Crippen LogP contribution in [0.25, 0.3) is 0 Å². The van der Waals surface area contributed by atoms with Crippen LogP contribution in [-0.2, 0) is 9.59 Å². The zero-order valence-electron chi connectivity index (χ0n) is 6.52. The number of anilines is 1. The van der Waals surface area contributed by atoms with E-state index in [2.05, 4.69) is 5.32 Å². The summed E-state index contributed by atoms with van der Waals surface area (Å²) in [5.74, 6) is -2.74. The molecule has 0 radical (unpaired) electrons. The first-order valence-electron chi connectivity index (χ1n) is 3.43. The van der Waals surface area contributed by atoms with Gasteiger partial charge in [0.1, 0.15) is 5.75 Å². The molecule has 0 heterocycles. The predicted octanol–water partition coefficient (Wildman–Crippen LogP) is 0.415. The summed E-state index contributed by atoms with van der Waals surface area (Å²) >= 11 is 0. The maximum absolute atomic E-state index is 10.6. The third kappa shape index (κ3) is 2.48. The molecule has 5 nitrogen and oxygen atoms in total. The molecular weight excluding hydrogens is 174 g/mol. The molecule has 0 spiro atoms. The van der Waals surface area contributed by atoms with Crippen LogP contribution in [0.3, 0.4) is 0 Å². The van der Waals surface area contributed by atoms with Crippen LogP contribution >= 0.6 is 0 Å². The number of carboxylic acid groups (broad SMARTS) is 1. The second kappa shape index (κ2) is 3.57. The lowest BCUT2D eigenvalue weighted by molar-refractivity contribution is -0.147. The second-order valence-electron chi connectivity index (χ2n) is 2.31. The lowest BCUT2D eigenvalue weighted by Crippen LogP contribution is -2.21. The number of nitrogens with one attached hydrogen (secondary N) is 1. The van der Waals surface area contributed by atoms with E-state index in [1.54, 1.807) is 0 Å². The Morgan fingerprint density at radius 3 is 2.54 bits per heavy atom. The minimum atomic E-state index is -1.57. The number of amides is 1. The van der Waals surface area contributed by atoms with Gasteiger partial charge in [-0.2, -0.15) is 0 Å². The topological polar surface area (TPSA) is 86.6 Å². The van der Waals surface area contributed by atoms with Crippen LogP contribution < -0.4 is 5.32 Å². The smallest absolute Gasteiger partial charge is 0.394 e. The van der Waals surface area contributed by atoms with Gasteiger partial charge in [0.2, 0.25) is 0 Å². The number of carbonyl (C=O) groups is 2. The van der Waals surface area contributed by atoms with Crippen LogP contribution in [0.1, 0.15) is 0 Å². The van der Waals surface area contributed by atoms with Gasteiger partial charge in [0.25, 0.3) is 0 Å². The molecule has 0 saturated carbocycles. The average Bonchev–Trinajstić information content (AvgIpc) is 2.04. The summed E-state index contributed by atoms with van der Waals surface area (Å²) in [4.78, 5) is 20.7. The van der Waals surface area contributed by atoms with E-state index in [0.29, 0.717) is 0 Å². The fraction of sp³-hybridized carbons (Fsp3) is 0. The molecule has 0 bridgehead atoms. The van der Waals surface area contributed by atoms with Gasteiger partial charge in [-0.3, -0.25) is 4.79 Å². The van der Waals surface area contributed by atoms with Crippen LogP contribution in [0.5, 0.6) is 5.75 Å².